The summed E-state index contributed by atoms with van der Waals surface area (Å²) in [5.41, 5.74) is 14.5. The van der Waals surface area contributed by atoms with E-state index in [-0.39, 0.29) is 12.0 Å². The lowest BCUT2D eigenvalue weighted by molar-refractivity contribution is 0.102. The number of hydrogen-bond donors (Lipinski definition) is 4. The predicted molar refractivity (Wildman–Crippen MR) is 89.7 cm³/mol. The molecule has 0 radical (unpaired) electrons. The first-order valence-corrected chi connectivity index (χ1v) is 7.19. The highest BCUT2D eigenvalue weighted by Gasteiger charge is 2.08. The van der Waals surface area contributed by atoms with Gasteiger partial charge in [0.25, 0.3) is 5.91 Å². The molecule has 0 aromatic heterocycles. The molecule has 116 valence electrons. The molecule has 0 aliphatic rings. The van der Waals surface area contributed by atoms with Gasteiger partial charge in [0.05, 0.1) is 17.5 Å². The molecular weight excluding hydrogens is 278 g/mol. The lowest BCUT2D eigenvalue weighted by Crippen LogP contribution is -2.12. The molecule has 2 rings (SSSR count). The van der Waals surface area contributed by atoms with Gasteiger partial charge in [-0.15, -0.1) is 0 Å². The summed E-state index contributed by atoms with van der Waals surface area (Å²) in [6.45, 7) is 1.77. The summed E-state index contributed by atoms with van der Waals surface area (Å²) < 4.78 is 0. The van der Waals surface area contributed by atoms with Crippen molar-refractivity contribution in [1.29, 1.82) is 0 Å². The maximum atomic E-state index is 12.1. The SMILES string of the molecule is CC(O)CCc1ccc(NC(=O)c2ccc(N)c(N)c2)cc1. The topological polar surface area (TPSA) is 101 Å². The highest BCUT2D eigenvalue weighted by atomic mass is 16.3. The van der Waals surface area contributed by atoms with Gasteiger partial charge in [-0.05, 0) is 55.7 Å². The third-order valence-corrected chi connectivity index (χ3v) is 3.41. The number of nitrogen functional groups attached to an aromatic ring is 2. The van der Waals surface area contributed by atoms with Crippen molar-refractivity contribution >= 4 is 23.0 Å². The molecule has 0 saturated heterocycles. The van der Waals surface area contributed by atoms with Gasteiger partial charge in [-0.3, -0.25) is 4.79 Å². The van der Waals surface area contributed by atoms with Crippen molar-refractivity contribution in [3.8, 4) is 0 Å². The van der Waals surface area contributed by atoms with Crippen molar-refractivity contribution in [2.75, 3.05) is 16.8 Å². The Labute approximate surface area is 129 Å². The number of nitrogens with one attached hydrogen (secondary N) is 1. The highest BCUT2D eigenvalue weighted by molar-refractivity contribution is 6.05. The van der Waals surface area contributed by atoms with Gasteiger partial charge in [-0.1, -0.05) is 12.1 Å². The third kappa shape index (κ3) is 4.23. The summed E-state index contributed by atoms with van der Waals surface area (Å²) in [4.78, 5) is 12.1. The number of carbonyl (C=O) groups excluding carboxylic acids is 1. The second-order valence-electron chi connectivity index (χ2n) is 5.38. The van der Waals surface area contributed by atoms with Crippen LogP contribution in [0.3, 0.4) is 0 Å². The maximum absolute atomic E-state index is 12.1. The van der Waals surface area contributed by atoms with Crippen LogP contribution in [0, 0.1) is 0 Å². The molecule has 1 amide bonds. The molecule has 22 heavy (non-hydrogen) atoms. The largest absolute Gasteiger partial charge is 0.397 e. The first kappa shape index (κ1) is 15.9. The maximum Gasteiger partial charge on any atom is 0.255 e. The number of anilines is 3. The molecule has 0 heterocycles. The van der Waals surface area contributed by atoms with Crippen molar-refractivity contribution in [2.45, 2.75) is 25.9 Å². The van der Waals surface area contributed by atoms with E-state index in [1.165, 1.54) is 0 Å². The molecule has 6 N–H and O–H groups in total. The summed E-state index contributed by atoms with van der Waals surface area (Å²) in [6.07, 6.45) is 1.21. The summed E-state index contributed by atoms with van der Waals surface area (Å²) >= 11 is 0. The zero-order valence-electron chi connectivity index (χ0n) is 12.5. The molecule has 0 spiro atoms. The summed E-state index contributed by atoms with van der Waals surface area (Å²) in [5, 5.41) is 12.1. The molecule has 0 aliphatic carbocycles. The summed E-state index contributed by atoms with van der Waals surface area (Å²) in [7, 11) is 0. The lowest BCUT2D eigenvalue weighted by Gasteiger charge is -2.08. The Kier molecular flexibility index (Phi) is 5.01. The number of aliphatic hydroxyl groups is 1. The quantitative estimate of drug-likeness (QED) is 0.637. The molecule has 2 aromatic rings. The standard InChI is InChI=1S/C17H21N3O2/c1-11(21)2-3-12-4-7-14(8-5-12)20-17(22)13-6-9-15(18)16(19)10-13/h4-11,21H,2-3,18-19H2,1H3,(H,20,22). The van der Waals surface area contributed by atoms with Crippen LogP contribution in [0.2, 0.25) is 0 Å². The molecule has 2 aromatic carbocycles. The average Bonchev–Trinajstić information content (AvgIpc) is 2.49. The van der Waals surface area contributed by atoms with Crippen LogP contribution in [0.4, 0.5) is 17.1 Å². The van der Waals surface area contributed by atoms with Crippen molar-refractivity contribution < 1.29 is 9.90 Å². The average molecular weight is 299 g/mol. The predicted octanol–water partition coefficient (Wildman–Crippen LogP) is 2.42. The van der Waals surface area contributed by atoms with E-state index in [9.17, 15) is 9.90 Å². The Morgan fingerprint density at radius 3 is 2.41 bits per heavy atom. The fourth-order valence-corrected chi connectivity index (χ4v) is 2.05. The van der Waals surface area contributed by atoms with Gasteiger partial charge in [-0.25, -0.2) is 0 Å². The smallest absolute Gasteiger partial charge is 0.255 e. The van der Waals surface area contributed by atoms with Gasteiger partial charge in [0.1, 0.15) is 0 Å². The Morgan fingerprint density at radius 2 is 1.82 bits per heavy atom. The lowest BCUT2D eigenvalue weighted by atomic mass is 10.1. The van der Waals surface area contributed by atoms with Crippen LogP contribution in [0.25, 0.3) is 0 Å². The van der Waals surface area contributed by atoms with Gasteiger partial charge >= 0.3 is 0 Å². The van der Waals surface area contributed by atoms with Crippen LogP contribution in [0.5, 0.6) is 0 Å². The van der Waals surface area contributed by atoms with E-state index < -0.39 is 0 Å². The minimum absolute atomic E-state index is 0.233. The van der Waals surface area contributed by atoms with Crippen LogP contribution < -0.4 is 16.8 Å². The zero-order valence-corrected chi connectivity index (χ0v) is 12.5. The van der Waals surface area contributed by atoms with Crippen LogP contribution in [0.1, 0.15) is 29.3 Å². The summed E-state index contributed by atoms with van der Waals surface area (Å²) in [5.74, 6) is -0.233. The minimum Gasteiger partial charge on any atom is -0.397 e. The van der Waals surface area contributed by atoms with Gasteiger partial charge in [0.2, 0.25) is 0 Å². The number of amides is 1. The number of carbonyl (C=O) groups is 1. The minimum atomic E-state index is -0.310. The van der Waals surface area contributed by atoms with Crippen molar-refractivity contribution in [2.24, 2.45) is 0 Å². The van der Waals surface area contributed by atoms with Gasteiger partial charge in [0, 0.05) is 11.3 Å². The first-order chi connectivity index (χ1) is 10.5. The molecule has 1 unspecified atom stereocenters. The molecule has 5 nitrogen and oxygen atoms in total. The number of benzene rings is 2. The van der Waals surface area contributed by atoms with E-state index in [1.54, 1.807) is 25.1 Å². The van der Waals surface area contributed by atoms with Crippen LogP contribution >= 0.6 is 0 Å². The number of hydrogen-bond acceptors (Lipinski definition) is 4. The number of aliphatic hydroxyl groups excluding tert-OH is 1. The first-order valence-electron chi connectivity index (χ1n) is 7.19. The van der Waals surface area contributed by atoms with Crippen molar-refractivity contribution in [3.05, 3.63) is 53.6 Å². The summed E-state index contributed by atoms with van der Waals surface area (Å²) in [6, 6.07) is 12.4. The van der Waals surface area contributed by atoms with Crippen molar-refractivity contribution in [1.82, 2.24) is 0 Å². The van der Waals surface area contributed by atoms with E-state index in [1.807, 2.05) is 24.3 Å². The third-order valence-electron chi connectivity index (χ3n) is 3.41. The molecule has 0 aliphatic heterocycles. The molecule has 5 heteroatoms. The number of nitrogens with two attached hydrogens (primary N) is 2. The molecule has 0 saturated carbocycles. The van der Waals surface area contributed by atoms with E-state index >= 15 is 0 Å². The van der Waals surface area contributed by atoms with Crippen molar-refractivity contribution in [3.63, 3.8) is 0 Å². The van der Waals surface area contributed by atoms with Crippen LogP contribution in [-0.4, -0.2) is 17.1 Å². The second kappa shape index (κ2) is 6.95. The van der Waals surface area contributed by atoms with E-state index in [0.29, 0.717) is 22.6 Å². The number of aryl methyl sites for hydroxylation is 1. The number of rotatable bonds is 5. The molecule has 0 bridgehead atoms. The van der Waals surface area contributed by atoms with Gasteiger partial charge in [-0.2, -0.15) is 0 Å². The Morgan fingerprint density at radius 1 is 1.14 bits per heavy atom. The normalized spacial score (nSPS) is 11.9. The van der Waals surface area contributed by atoms with E-state index in [2.05, 4.69) is 5.32 Å². The van der Waals surface area contributed by atoms with Gasteiger partial charge < -0.3 is 21.9 Å². The van der Waals surface area contributed by atoms with Crippen LogP contribution in [0.15, 0.2) is 42.5 Å². The monoisotopic (exact) mass is 299 g/mol. The molecular formula is C17H21N3O2. The fourth-order valence-electron chi connectivity index (χ4n) is 2.05. The Bertz CT molecular complexity index is 651. The Balaban J connectivity index is 2.00. The zero-order chi connectivity index (χ0) is 16.1. The van der Waals surface area contributed by atoms with Crippen LogP contribution in [-0.2, 0) is 6.42 Å². The Hall–Kier alpha value is -2.53. The van der Waals surface area contributed by atoms with E-state index in [0.717, 1.165) is 18.4 Å². The second-order valence-corrected chi connectivity index (χ2v) is 5.38. The van der Waals surface area contributed by atoms with Gasteiger partial charge in [0.15, 0.2) is 0 Å². The molecule has 1 atom stereocenters. The highest BCUT2D eigenvalue weighted by Crippen LogP contribution is 2.18. The fraction of sp³-hybridized carbons (Fsp3) is 0.235. The van der Waals surface area contributed by atoms with E-state index in [4.69, 9.17) is 11.5 Å². The molecule has 0 fully saturated rings.